The Morgan fingerprint density at radius 3 is 1.83 bits per heavy atom. The Balaban J connectivity index is 0.000000216. The van der Waals surface area contributed by atoms with Gasteiger partial charge in [-0.05, 0) is 0 Å². The molecule has 2 aromatic rings. The van der Waals surface area contributed by atoms with E-state index in [9.17, 15) is 45.3 Å². The summed E-state index contributed by atoms with van der Waals surface area (Å²) in [5, 5.41) is 50.8. The summed E-state index contributed by atoms with van der Waals surface area (Å²) >= 11 is 0. The maximum Gasteiger partial charge on any atom is 0.316 e. The molecule has 0 radical (unpaired) electrons. The molecule has 0 atom stereocenters. The van der Waals surface area contributed by atoms with Crippen LogP contribution in [0.4, 0.5) is 28.4 Å². The lowest BCUT2D eigenvalue weighted by atomic mass is 10.1. The fourth-order valence-electron chi connectivity index (χ4n) is 2.32. The van der Waals surface area contributed by atoms with Crippen LogP contribution in [0.5, 0.6) is 11.5 Å². The molecule has 3 rings (SSSR count). The van der Waals surface area contributed by atoms with Crippen molar-refractivity contribution >= 4 is 34.4 Å². The van der Waals surface area contributed by atoms with Crippen molar-refractivity contribution < 1.29 is 34.3 Å². The van der Waals surface area contributed by atoms with Crippen LogP contribution in [-0.4, -0.2) is 30.8 Å². The largest absolute Gasteiger partial charge is 0.505 e. The highest BCUT2D eigenvalue weighted by atomic mass is 16.6. The zero-order chi connectivity index (χ0) is 22.7. The van der Waals surface area contributed by atoms with Gasteiger partial charge in [0.15, 0.2) is 11.4 Å². The third-order valence-electron chi connectivity index (χ3n) is 3.65. The summed E-state index contributed by atoms with van der Waals surface area (Å²) in [6, 6.07) is 3.27. The Morgan fingerprint density at radius 1 is 0.833 bits per heavy atom. The Morgan fingerprint density at radius 2 is 1.33 bits per heavy atom. The summed E-state index contributed by atoms with van der Waals surface area (Å²) in [6.45, 7) is 0. The highest BCUT2D eigenvalue weighted by Crippen LogP contribution is 2.38. The molecule has 1 aliphatic rings. The number of nitrogen functional groups attached to an aromatic ring is 1. The van der Waals surface area contributed by atoms with Gasteiger partial charge in [-0.3, -0.25) is 45.3 Å². The first-order valence-electron chi connectivity index (χ1n) is 7.50. The van der Waals surface area contributed by atoms with Crippen molar-refractivity contribution in [2.24, 2.45) is 0 Å². The normalized spacial score (nSPS) is 11.5. The molecule has 16 nitrogen and oxygen atoms in total. The number of nitro benzene ring substituents is 4. The minimum Gasteiger partial charge on any atom is -0.505 e. The second-order valence-corrected chi connectivity index (χ2v) is 5.52. The maximum atomic E-state index is 10.9. The molecule has 2 aromatic carbocycles. The highest BCUT2D eigenvalue weighted by Gasteiger charge is 2.32. The van der Waals surface area contributed by atoms with Crippen molar-refractivity contribution in [3.8, 4) is 11.5 Å². The van der Waals surface area contributed by atoms with Crippen LogP contribution in [-0.2, 0) is 11.2 Å². The summed E-state index contributed by atoms with van der Waals surface area (Å²) in [5.41, 5.74) is 2.54. The van der Waals surface area contributed by atoms with Gasteiger partial charge < -0.3 is 15.6 Å². The van der Waals surface area contributed by atoms with Crippen LogP contribution in [0.3, 0.4) is 0 Å². The number of ether oxygens (including phenoxy) is 1. The summed E-state index contributed by atoms with van der Waals surface area (Å²) in [6.07, 6.45) is -0.232. The number of benzene rings is 2. The van der Waals surface area contributed by atoms with Gasteiger partial charge >= 0.3 is 11.7 Å². The van der Waals surface area contributed by atoms with Gasteiger partial charge in [0.2, 0.25) is 0 Å². The van der Waals surface area contributed by atoms with Crippen molar-refractivity contribution in [3.63, 3.8) is 0 Å². The number of fused-ring (bicyclic) bond motifs is 1. The van der Waals surface area contributed by atoms with Gasteiger partial charge in [0.25, 0.3) is 17.1 Å². The third-order valence-corrected chi connectivity index (χ3v) is 3.65. The van der Waals surface area contributed by atoms with Crippen LogP contribution in [0.25, 0.3) is 0 Å². The average molecular weight is 423 g/mol. The lowest BCUT2D eigenvalue weighted by molar-refractivity contribution is -0.394. The molecular formula is C14H9N5O11. The minimum absolute atomic E-state index is 0.0839. The third kappa shape index (κ3) is 4.32. The summed E-state index contributed by atoms with van der Waals surface area (Å²) < 4.78 is 4.64. The van der Waals surface area contributed by atoms with Crippen molar-refractivity contribution in [2.75, 3.05) is 5.73 Å². The van der Waals surface area contributed by atoms with E-state index in [1.54, 1.807) is 0 Å². The number of rotatable bonds is 4. The van der Waals surface area contributed by atoms with E-state index in [2.05, 4.69) is 4.74 Å². The van der Waals surface area contributed by atoms with Crippen LogP contribution < -0.4 is 10.5 Å². The summed E-state index contributed by atoms with van der Waals surface area (Å²) in [5.74, 6) is -1.43. The van der Waals surface area contributed by atoms with Crippen LogP contribution in [0.2, 0.25) is 0 Å². The number of nitro groups is 4. The molecule has 0 saturated carbocycles. The summed E-state index contributed by atoms with van der Waals surface area (Å²) in [7, 11) is 0. The van der Waals surface area contributed by atoms with E-state index >= 15 is 0 Å². The standard InChI is InChI=1S/C8H4N2O6.C6H5N3O5/c11-8-3-5-6(10(14)15)1-4(9(12)13)2-7(5)16-8;7-6-4(9(13)14)1-3(8(11)12)2-5(6)10/h1-2H,3H2;1-2,10H,7H2. The lowest BCUT2D eigenvalue weighted by Gasteiger charge is -1.99. The molecule has 0 unspecified atom stereocenters. The van der Waals surface area contributed by atoms with E-state index in [-0.39, 0.29) is 17.7 Å². The first-order valence-corrected chi connectivity index (χ1v) is 7.50. The van der Waals surface area contributed by atoms with Gasteiger partial charge in [-0.25, -0.2) is 0 Å². The highest BCUT2D eigenvalue weighted by molar-refractivity contribution is 5.84. The Bertz CT molecular complexity index is 1110. The van der Waals surface area contributed by atoms with Crippen LogP contribution in [0.1, 0.15) is 5.56 Å². The van der Waals surface area contributed by atoms with Crippen LogP contribution in [0.15, 0.2) is 24.3 Å². The number of aromatic hydroxyl groups is 1. The average Bonchev–Trinajstić information content (AvgIpc) is 3.02. The monoisotopic (exact) mass is 423 g/mol. The molecule has 1 aliphatic heterocycles. The number of esters is 1. The number of hydrogen-bond acceptors (Lipinski definition) is 12. The molecule has 156 valence electrons. The Kier molecular flexibility index (Phi) is 5.71. The molecule has 0 aliphatic carbocycles. The van der Waals surface area contributed by atoms with Crippen molar-refractivity contribution in [1.29, 1.82) is 0 Å². The predicted octanol–water partition coefficient (Wildman–Crippen LogP) is 1.76. The van der Waals surface area contributed by atoms with Crippen molar-refractivity contribution in [2.45, 2.75) is 6.42 Å². The van der Waals surface area contributed by atoms with Crippen LogP contribution >= 0.6 is 0 Å². The minimum atomic E-state index is -0.901. The first-order chi connectivity index (χ1) is 13.9. The maximum absolute atomic E-state index is 10.9. The predicted molar refractivity (Wildman–Crippen MR) is 94.9 cm³/mol. The van der Waals surface area contributed by atoms with E-state index in [1.165, 1.54) is 0 Å². The Hall–Kier alpha value is -4.89. The number of hydrogen-bond donors (Lipinski definition) is 2. The van der Waals surface area contributed by atoms with E-state index in [0.717, 1.165) is 18.2 Å². The van der Waals surface area contributed by atoms with Crippen molar-refractivity contribution in [1.82, 2.24) is 0 Å². The number of carbonyl (C=O) groups is 1. The quantitative estimate of drug-likeness (QED) is 0.178. The Labute approximate surface area is 163 Å². The van der Waals surface area contributed by atoms with Crippen molar-refractivity contribution in [3.05, 3.63) is 70.3 Å². The zero-order valence-corrected chi connectivity index (χ0v) is 14.4. The number of nitrogens with two attached hydrogens (primary N) is 1. The SMILES string of the molecule is Nc1c(O)cc([N+](=O)[O-])cc1[N+](=O)[O-].O=C1Cc2c(cc([N+](=O)[O-])cc2[N+](=O)[O-])O1. The van der Waals surface area contributed by atoms with E-state index in [4.69, 9.17) is 10.8 Å². The number of carbonyl (C=O) groups excluding carboxylic acids is 1. The second kappa shape index (κ2) is 8.00. The van der Waals surface area contributed by atoms with Gasteiger partial charge in [0, 0.05) is 0 Å². The van der Waals surface area contributed by atoms with E-state index in [0.29, 0.717) is 6.07 Å². The molecule has 0 fully saturated rings. The first kappa shape index (κ1) is 21.4. The molecule has 0 bridgehead atoms. The summed E-state index contributed by atoms with van der Waals surface area (Å²) in [4.78, 5) is 49.4. The zero-order valence-electron chi connectivity index (χ0n) is 14.4. The number of phenolic OH excluding ortho intramolecular Hbond substituents is 1. The fraction of sp³-hybridized carbons (Fsp3) is 0.0714. The van der Waals surface area contributed by atoms with Gasteiger partial charge in [-0.1, -0.05) is 0 Å². The lowest BCUT2D eigenvalue weighted by Crippen LogP contribution is -2.00. The smallest absolute Gasteiger partial charge is 0.316 e. The number of phenols is 1. The molecule has 0 spiro atoms. The van der Waals surface area contributed by atoms with E-state index in [1.807, 2.05) is 0 Å². The molecule has 0 aromatic heterocycles. The second-order valence-electron chi connectivity index (χ2n) is 5.52. The molecular weight excluding hydrogens is 414 g/mol. The van der Waals surface area contributed by atoms with Gasteiger partial charge in [-0.15, -0.1) is 0 Å². The van der Waals surface area contributed by atoms with E-state index < -0.39 is 59.8 Å². The molecule has 1 heterocycles. The fourth-order valence-corrected chi connectivity index (χ4v) is 2.32. The molecule has 0 saturated heterocycles. The molecule has 0 amide bonds. The van der Waals surface area contributed by atoms with Crippen LogP contribution in [0, 0.1) is 40.5 Å². The molecule has 30 heavy (non-hydrogen) atoms. The number of nitrogens with zero attached hydrogens (tertiary/aromatic N) is 4. The topological polar surface area (TPSA) is 245 Å². The van der Waals surface area contributed by atoms with Gasteiger partial charge in [-0.2, -0.15) is 0 Å². The number of anilines is 1. The molecule has 16 heteroatoms. The number of non-ortho nitro benzene ring substituents is 2. The van der Waals surface area contributed by atoms with Gasteiger partial charge in [0.05, 0.1) is 55.9 Å². The van der Waals surface area contributed by atoms with Gasteiger partial charge in [0.1, 0.15) is 5.75 Å². The molecule has 3 N–H and O–H groups in total.